The van der Waals surface area contributed by atoms with E-state index in [1.54, 1.807) is 6.20 Å². The standard InChI is InChI=1S/C12H17N3O3/c1-2-18-9-4-3-5-15(8-9)11-7-13-6-10(14-11)12(16)17/h6-7,9H,2-5,8H2,1H3,(H,16,17). The van der Waals surface area contributed by atoms with E-state index in [2.05, 4.69) is 9.97 Å². The van der Waals surface area contributed by atoms with Gasteiger partial charge in [-0.2, -0.15) is 0 Å². The topological polar surface area (TPSA) is 75.5 Å². The van der Waals surface area contributed by atoms with E-state index in [-0.39, 0.29) is 11.8 Å². The zero-order valence-corrected chi connectivity index (χ0v) is 10.4. The molecule has 6 nitrogen and oxygen atoms in total. The second-order valence-corrected chi connectivity index (χ2v) is 4.23. The molecular weight excluding hydrogens is 234 g/mol. The highest BCUT2D eigenvalue weighted by Gasteiger charge is 2.21. The Kier molecular flexibility index (Phi) is 4.09. The summed E-state index contributed by atoms with van der Waals surface area (Å²) in [7, 11) is 0. The quantitative estimate of drug-likeness (QED) is 0.866. The van der Waals surface area contributed by atoms with Crippen LogP contribution in [-0.2, 0) is 4.74 Å². The Hall–Kier alpha value is -1.69. The number of ether oxygens (including phenoxy) is 1. The number of aromatic nitrogens is 2. The van der Waals surface area contributed by atoms with Gasteiger partial charge in [-0.05, 0) is 19.8 Å². The zero-order chi connectivity index (χ0) is 13.0. The Balaban J connectivity index is 2.10. The van der Waals surface area contributed by atoms with Gasteiger partial charge in [-0.25, -0.2) is 9.78 Å². The number of piperidine rings is 1. The third-order valence-electron chi connectivity index (χ3n) is 2.95. The van der Waals surface area contributed by atoms with Crippen LogP contribution in [0.25, 0.3) is 0 Å². The first kappa shape index (κ1) is 12.8. The van der Waals surface area contributed by atoms with Crippen molar-refractivity contribution in [3.05, 3.63) is 18.1 Å². The van der Waals surface area contributed by atoms with Gasteiger partial charge < -0.3 is 14.7 Å². The minimum Gasteiger partial charge on any atom is -0.476 e. The fraction of sp³-hybridized carbons (Fsp3) is 0.583. The van der Waals surface area contributed by atoms with Crippen molar-refractivity contribution in [2.45, 2.75) is 25.9 Å². The summed E-state index contributed by atoms with van der Waals surface area (Å²) in [6.07, 6.45) is 5.11. The lowest BCUT2D eigenvalue weighted by atomic mass is 10.1. The molecule has 0 spiro atoms. The lowest BCUT2D eigenvalue weighted by Gasteiger charge is -2.33. The van der Waals surface area contributed by atoms with Crippen LogP contribution in [0.4, 0.5) is 5.82 Å². The number of carbonyl (C=O) groups is 1. The van der Waals surface area contributed by atoms with E-state index in [4.69, 9.17) is 9.84 Å². The van der Waals surface area contributed by atoms with Gasteiger partial charge >= 0.3 is 5.97 Å². The molecule has 0 bridgehead atoms. The normalized spacial score (nSPS) is 19.8. The summed E-state index contributed by atoms with van der Waals surface area (Å²) >= 11 is 0. The zero-order valence-electron chi connectivity index (χ0n) is 10.4. The average Bonchev–Trinajstić information content (AvgIpc) is 2.39. The van der Waals surface area contributed by atoms with E-state index in [9.17, 15) is 4.79 Å². The molecule has 1 aliphatic rings. The second-order valence-electron chi connectivity index (χ2n) is 4.23. The van der Waals surface area contributed by atoms with Crippen molar-refractivity contribution in [3.8, 4) is 0 Å². The highest BCUT2D eigenvalue weighted by molar-refractivity contribution is 5.85. The van der Waals surface area contributed by atoms with Gasteiger partial charge in [0.15, 0.2) is 5.69 Å². The predicted molar refractivity (Wildman–Crippen MR) is 65.9 cm³/mol. The van der Waals surface area contributed by atoms with Crippen LogP contribution in [0.3, 0.4) is 0 Å². The number of aromatic carboxylic acids is 1. The molecule has 0 saturated carbocycles. The predicted octanol–water partition coefficient (Wildman–Crippen LogP) is 1.18. The Morgan fingerprint density at radius 2 is 2.44 bits per heavy atom. The maximum atomic E-state index is 10.9. The first-order valence-electron chi connectivity index (χ1n) is 6.12. The molecule has 0 radical (unpaired) electrons. The van der Waals surface area contributed by atoms with E-state index in [1.165, 1.54) is 6.20 Å². The van der Waals surface area contributed by atoms with Crippen LogP contribution >= 0.6 is 0 Å². The number of rotatable bonds is 4. The molecule has 1 unspecified atom stereocenters. The second kappa shape index (κ2) is 5.77. The van der Waals surface area contributed by atoms with Gasteiger partial charge in [0, 0.05) is 19.7 Å². The van der Waals surface area contributed by atoms with E-state index < -0.39 is 5.97 Å². The maximum Gasteiger partial charge on any atom is 0.356 e. The molecule has 0 aromatic carbocycles. The van der Waals surface area contributed by atoms with Crippen LogP contribution in [-0.4, -0.2) is 46.8 Å². The Morgan fingerprint density at radius 3 is 3.17 bits per heavy atom. The van der Waals surface area contributed by atoms with Gasteiger partial charge in [-0.3, -0.25) is 4.98 Å². The van der Waals surface area contributed by atoms with Crippen LogP contribution in [0.15, 0.2) is 12.4 Å². The lowest BCUT2D eigenvalue weighted by Crippen LogP contribution is -2.40. The monoisotopic (exact) mass is 251 g/mol. The Labute approximate surface area is 106 Å². The van der Waals surface area contributed by atoms with Crippen molar-refractivity contribution in [2.24, 2.45) is 0 Å². The number of anilines is 1. The van der Waals surface area contributed by atoms with Crippen molar-refractivity contribution in [2.75, 3.05) is 24.6 Å². The summed E-state index contributed by atoms with van der Waals surface area (Å²) in [4.78, 5) is 20.9. The smallest absolute Gasteiger partial charge is 0.356 e. The van der Waals surface area contributed by atoms with E-state index >= 15 is 0 Å². The van der Waals surface area contributed by atoms with Gasteiger partial charge in [0.25, 0.3) is 0 Å². The molecule has 0 aliphatic carbocycles. The largest absolute Gasteiger partial charge is 0.476 e. The summed E-state index contributed by atoms with van der Waals surface area (Å²) in [5, 5.41) is 8.90. The SMILES string of the molecule is CCOC1CCCN(c2cncc(C(=O)O)n2)C1. The Morgan fingerprint density at radius 1 is 1.61 bits per heavy atom. The summed E-state index contributed by atoms with van der Waals surface area (Å²) < 4.78 is 5.61. The molecule has 1 saturated heterocycles. The summed E-state index contributed by atoms with van der Waals surface area (Å²) in [6.45, 7) is 4.27. The molecule has 1 atom stereocenters. The third-order valence-corrected chi connectivity index (χ3v) is 2.95. The van der Waals surface area contributed by atoms with Crippen LogP contribution < -0.4 is 4.90 Å². The highest BCUT2D eigenvalue weighted by atomic mass is 16.5. The number of hydrogen-bond acceptors (Lipinski definition) is 5. The molecule has 2 heterocycles. The van der Waals surface area contributed by atoms with Crippen molar-refractivity contribution in [1.82, 2.24) is 9.97 Å². The van der Waals surface area contributed by atoms with Gasteiger partial charge in [-0.1, -0.05) is 0 Å². The fourth-order valence-corrected chi connectivity index (χ4v) is 2.13. The molecule has 1 aromatic rings. The minimum absolute atomic E-state index is 0.0222. The number of carboxylic acids is 1. The summed E-state index contributed by atoms with van der Waals surface area (Å²) in [5.41, 5.74) is -0.0222. The molecule has 1 fully saturated rings. The molecule has 6 heteroatoms. The minimum atomic E-state index is -1.05. The molecular formula is C12H17N3O3. The van der Waals surface area contributed by atoms with Crippen molar-refractivity contribution in [3.63, 3.8) is 0 Å². The first-order valence-corrected chi connectivity index (χ1v) is 6.12. The summed E-state index contributed by atoms with van der Waals surface area (Å²) in [6, 6.07) is 0. The molecule has 1 aliphatic heterocycles. The molecule has 2 rings (SSSR count). The van der Waals surface area contributed by atoms with Crippen molar-refractivity contribution < 1.29 is 14.6 Å². The van der Waals surface area contributed by atoms with Crippen LogP contribution in [0.2, 0.25) is 0 Å². The maximum absolute atomic E-state index is 10.9. The van der Waals surface area contributed by atoms with Gasteiger partial charge in [0.2, 0.25) is 0 Å². The molecule has 0 amide bonds. The number of hydrogen-bond donors (Lipinski definition) is 1. The van der Waals surface area contributed by atoms with Crippen molar-refractivity contribution >= 4 is 11.8 Å². The average molecular weight is 251 g/mol. The van der Waals surface area contributed by atoms with Crippen LogP contribution in [0, 0.1) is 0 Å². The molecule has 18 heavy (non-hydrogen) atoms. The van der Waals surface area contributed by atoms with Gasteiger partial charge in [0.05, 0.1) is 18.5 Å². The van der Waals surface area contributed by atoms with Gasteiger partial charge in [-0.15, -0.1) is 0 Å². The highest BCUT2D eigenvalue weighted by Crippen LogP contribution is 2.19. The van der Waals surface area contributed by atoms with Crippen LogP contribution in [0.1, 0.15) is 30.3 Å². The van der Waals surface area contributed by atoms with Gasteiger partial charge in [0.1, 0.15) is 5.82 Å². The van der Waals surface area contributed by atoms with Crippen LogP contribution in [0.5, 0.6) is 0 Å². The number of nitrogens with zero attached hydrogens (tertiary/aromatic N) is 3. The fourth-order valence-electron chi connectivity index (χ4n) is 2.13. The third kappa shape index (κ3) is 2.95. The summed E-state index contributed by atoms with van der Waals surface area (Å²) in [5.74, 6) is -0.443. The first-order chi connectivity index (χ1) is 8.70. The van der Waals surface area contributed by atoms with Crippen molar-refractivity contribution in [1.29, 1.82) is 0 Å². The lowest BCUT2D eigenvalue weighted by molar-refractivity contribution is 0.0525. The van der Waals surface area contributed by atoms with E-state index in [0.717, 1.165) is 25.9 Å². The molecule has 1 aromatic heterocycles. The molecule has 1 N–H and O–H groups in total. The molecule has 98 valence electrons. The van der Waals surface area contributed by atoms with E-state index in [1.807, 2.05) is 11.8 Å². The Bertz CT molecular complexity index is 423. The number of carboxylic acid groups (broad SMARTS) is 1. The van der Waals surface area contributed by atoms with E-state index in [0.29, 0.717) is 12.4 Å².